The predicted molar refractivity (Wildman–Crippen MR) is 125 cm³/mol. The lowest BCUT2D eigenvalue weighted by Crippen LogP contribution is -2.52. The summed E-state index contributed by atoms with van der Waals surface area (Å²) >= 11 is 0. The van der Waals surface area contributed by atoms with Gasteiger partial charge in [0.2, 0.25) is 0 Å². The second-order valence-electron chi connectivity index (χ2n) is 9.08. The Balaban J connectivity index is 0.00000272. The highest BCUT2D eigenvalue weighted by molar-refractivity contribution is 8.93. The van der Waals surface area contributed by atoms with Crippen molar-refractivity contribution in [1.29, 1.82) is 0 Å². The molecule has 0 radical (unpaired) electrons. The zero-order valence-electron chi connectivity index (χ0n) is 18.5. The van der Waals surface area contributed by atoms with E-state index in [1.165, 1.54) is 22.0 Å². The van der Waals surface area contributed by atoms with E-state index in [0.29, 0.717) is 25.0 Å². The fraction of sp³-hybridized carbons (Fsp3) is 0.625. The van der Waals surface area contributed by atoms with Gasteiger partial charge in [0, 0.05) is 41.6 Å². The van der Waals surface area contributed by atoms with Gasteiger partial charge in [0.25, 0.3) is 0 Å². The van der Waals surface area contributed by atoms with Gasteiger partial charge in [0.15, 0.2) is 6.17 Å². The van der Waals surface area contributed by atoms with Crippen LogP contribution in [0.3, 0.4) is 0 Å². The number of halogens is 3. The summed E-state index contributed by atoms with van der Waals surface area (Å²) in [5, 5.41) is 1.33. The maximum atomic E-state index is 13.2. The topological polar surface area (TPSA) is 34.5 Å². The first-order valence-corrected chi connectivity index (χ1v) is 11.2. The zero-order valence-corrected chi connectivity index (χ0v) is 20.2. The van der Waals surface area contributed by atoms with Crippen molar-refractivity contribution >= 4 is 33.9 Å². The maximum absolute atomic E-state index is 13.2. The SMILES string of the molecule is Br.CCCN1C[C@H](C(=O)OCC(F)CF)CC2c3cccc4c3c(cn4C(C)C)C[C@H]21. The summed E-state index contributed by atoms with van der Waals surface area (Å²) in [6.45, 7) is 6.47. The summed E-state index contributed by atoms with van der Waals surface area (Å²) in [7, 11) is 0. The number of aromatic nitrogens is 1. The van der Waals surface area contributed by atoms with Crippen molar-refractivity contribution in [3.63, 3.8) is 0 Å². The summed E-state index contributed by atoms with van der Waals surface area (Å²) in [5.74, 6) is -0.471. The third-order valence-electron chi connectivity index (χ3n) is 6.70. The van der Waals surface area contributed by atoms with Crippen LogP contribution in [-0.4, -0.2) is 54.0 Å². The van der Waals surface area contributed by atoms with Crippen molar-refractivity contribution < 1.29 is 18.3 Å². The third-order valence-corrected chi connectivity index (χ3v) is 6.70. The highest BCUT2D eigenvalue weighted by Crippen LogP contribution is 2.46. The number of hydrogen-bond acceptors (Lipinski definition) is 3. The molecule has 1 aromatic heterocycles. The molecule has 7 heteroatoms. The molecule has 1 aliphatic heterocycles. The van der Waals surface area contributed by atoms with E-state index in [1.54, 1.807) is 0 Å². The van der Waals surface area contributed by atoms with E-state index < -0.39 is 25.4 Å². The van der Waals surface area contributed by atoms with E-state index in [-0.39, 0.29) is 28.8 Å². The number of alkyl halides is 2. The van der Waals surface area contributed by atoms with Crippen LogP contribution in [0.1, 0.15) is 56.7 Å². The number of benzene rings is 1. The van der Waals surface area contributed by atoms with Crippen molar-refractivity contribution in [2.75, 3.05) is 26.4 Å². The van der Waals surface area contributed by atoms with Crippen LogP contribution in [-0.2, 0) is 16.0 Å². The predicted octanol–water partition coefficient (Wildman–Crippen LogP) is 5.39. The molecule has 172 valence electrons. The highest BCUT2D eigenvalue weighted by atomic mass is 79.9. The van der Waals surface area contributed by atoms with Crippen LogP contribution in [0.5, 0.6) is 0 Å². The molecule has 1 aromatic carbocycles. The Morgan fingerprint density at radius 2 is 2.10 bits per heavy atom. The minimum atomic E-state index is -1.74. The zero-order chi connectivity index (χ0) is 21.4. The van der Waals surface area contributed by atoms with Crippen molar-refractivity contribution in [1.82, 2.24) is 9.47 Å². The van der Waals surface area contributed by atoms with Crippen molar-refractivity contribution in [3.8, 4) is 0 Å². The third kappa shape index (κ3) is 4.54. The largest absolute Gasteiger partial charge is 0.462 e. The molecular weight excluding hydrogens is 466 g/mol. The second-order valence-corrected chi connectivity index (χ2v) is 9.08. The van der Waals surface area contributed by atoms with E-state index in [2.05, 4.69) is 54.6 Å². The van der Waals surface area contributed by atoms with Crippen LogP contribution >= 0.6 is 17.0 Å². The lowest BCUT2D eigenvalue weighted by atomic mass is 9.72. The van der Waals surface area contributed by atoms with Gasteiger partial charge in [0.1, 0.15) is 13.3 Å². The molecule has 1 saturated heterocycles. The van der Waals surface area contributed by atoms with Crippen molar-refractivity contribution in [2.45, 2.75) is 64.2 Å². The number of hydrogen-bond donors (Lipinski definition) is 0. The standard InChI is InChI=1S/C24H32F2N2O2.BrH/c1-4-8-27-12-17(24(29)30-14-18(26)11-25)9-20-19-6-5-7-21-23(19)16(10-22(20)27)13-28(21)15(2)3;/h5-7,13,15,17-18,20,22H,4,8-12,14H2,1-3H3;1H/t17-,18?,20?,22-;/m1./s1. The number of ether oxygens (including phenoxy) is 1. The van der Waals surface area contributed by atoms with E-state index in [9.17, 15) is 13.6 Å². The van der Waals surface area contributed by atoms with Gasteiger partial charge in [-0.2, -0.15) is 0 Å². The van der Waals surface area contributed by atoms with Crippen molar-refractivity contribution in [3.05, 3.63) is 35.5 Å². The molecular formula is C24H33BrF2N2O2. The van der Waals surface area contributed by atoms with Gasteiger partial charge in [-0.1, -0.05) is 19.1 Å². The molecule has 0 amide bonds. The molecule has 4 nitrogen and oxygen atoms in total. The average molecular weight is 499 g/mol. The average Bonchev–Trinajstić information content (AvgIpc) is 3.12. The first-order chi connectivity index (χ1) is 14.4. The Hall–Kier alpha value is -1.47. The molecule has 4 rings (SSSR count). The summed E-state index contributed by atoms with van der Waals surface area (Å²) in [6, 6.07) is 7.24. The Labute approximate surface area is 193 Å². The number of piperidine rings is 1. The highest BCUT2D eigenvalue weighted by Gasteiger charge is 2.43. The molecule has 31 heavy (non-hydrogen) atoms. The molecule has 4 atom stereocenters. The molecule has 0 saturated carbocycles. The molecule has 0 N–H and O–H groups in total. The summed E-state index contributed by atoms with van der Waals surface area (Å²) < 4.78 is 33.1. The molecule has 0 spiro atoms. The molecule has 1 fully saturated rings. The number of rotatable bonds is 7. The van der Waals surface area contributed by atoms with Crippen LogP contribution in [0, 0.1) is 5.92 Å². The summed E-state index contributed by atoms with van der Waals surface area (Å²) in [6.07, 6.45) is 3.25. The quantitative estimate of drug-likeness (QED) is 0.479. The molecule has 1 aliphatic carbocycles. The number of fused-ring (bicyclic) bond motifs is 2. The Bertz CT molecular complexity index is 916. The summed E-state index contributed by atoms with van der Waals surface area (Å²) in [4.78, 5) is 15.1. The van der Waals surface area contributed by atoms with E-state index in [0.717, 1.165) is 19.4 Å². The lowest BCUT2D eigenvalue weighted by molar-refractivity contribution is -0.153. The van der Waals surface area contributed by atoms with Crippen LogP contribution in [0.15, 0.2) is 24.4 Å². The number of esters is 1. The maximum Gasteiger partial charge on any atom is 0.310 e. The fourth-order valence-electron chi connectivity index (χ4n) is 5.41. The minimum absolute atomic E-state index is 0. The number of likely N-dealkylation sites (tertiary alicyclic amines) is 1. The molecule has 2 aliphatic rings. The molecule has 2 aromatic rings. The van der Waals surface area contributed by atoms with Crippen molar-refractivity contribution in [2.24, 2.45) is 5.92 Å². The van der Waals surface area contributed by atoms with Gasteiger partial charge in [-0.3, -0.25) is 9.69 Å². The fourth-order valence-corrected chi connectivity index (χ4v) is 5.41. The Kier molecular flexibility index (Phi) is 7.79. The van der Waals surface area contributed by atoms with Gasteiger partial charge < -0.3 is 9.30 Å². The first kappa shape index (κ1) is 24.2. The smallest absolute Gasteiger partial charge is 0.310 e. The van der Waals surface area contributed by atoms with Crippen LogP contribution < -0.4 is 0 Å². The minimum Gasteiger partial charge on any atom is -0.462 e. The van der Waals surface area contributed by atoms with Gasteiger partial charge >= 0.3 is 5.97 Å². The number of carbonyl (C=O) groups excluding carboxylic acids is 1. The van der Waals surface area contributed by atoms with E-state index in [4.69, 9.17) is 4.74 Å². The Morgan fingerprint density at radius 1 is 1.32 bits per heavy atom. The number of nitrogens with zero attached hydrogens (tertiary/aromatic N) is 2. The van der Waals surface area contributed by atoms with E-state index in [1.807, 2.05) is 0 Å². The molecule has 2 unspecified atom stereocenters. The monoisotopic (exact) mass is 498 g/mol. The van der Waals surface area contributed by atoms with E-state index >= 15 is 0 Å². The first-order valence-electron chi connectivity index (χ1n) is 11.2. The summed E-state index contributed by atoms with van der Waals surface area (Å²) in [5.41, 5.74) is 3.95. The Morgan fingerprint density at radius 3 is 2.77 bits per heavy atom. The normalized spacial score (nSPS) is 24.0. The molecule has 0 bridgehead atoms. The van der Waals surface area contributed by atoms with Gasteiger partial charge in [-0.15, -0.1) is 17.0 Å². The van der Waals surface area contributed by atoms with Gasteiger partial charge in [0.05, 0.1) is 5.92 Å². The van der Waals surface area contributed by atoms with Gasteiger partial charge in [-0.05, 0) is 56.8 Å². The van der Waals surface area contributed by atoms with Crippen LogP contribution in [0.4, 0.5) is 8.78 Å². The second kappa shape index (κ2) is 9.99. The lowest BCUT2D eigenvalue weighted by Gasteiger charge is -2.46. The van der Waals surface area contributed by atoms with Gasteiger partial charge in [-0.25, -0.2) is 8.78 Å². The van der Waals surface area contributed by atoms with Crippen LogP contribution in [0.25, 0.3) is 10.9 Å². The number of carbonyl (C=O) groups is 1. The van der Waals surface area contributed by atoms with Crippen LogP contribution in [0.2, 0.25) is 0 Å². The molecule has 2 heterocycles.